The van der Waals surface area contributed by atoms with Gasteiger partial charge in [0.1, 0.15) is 73.2 Å². The second-order valence-corrected chi connectivity index (χ2v) is 10.5. The fourth-order valence-electron chi connectivity index (χ4n) is 5.09. The second-order valence-electron chi connectivity index (χ2n) is 10.5. The summed E-state index contributed by atoms with van der Waals surface area (Å²) in [5, 5.41) is 93.0. The van der Waals surface area contributed by atoms with Crippen molar-refractivity contribution < 1.29 is 79.1 Å². The monoisotopic (exact) mass is 572 g/mol. The normalized spacial score (nSPS) is 55.4. The Morgan fingerprint density at radius 1 is 0.436 bits per heavy atom. The lowest BCUT2D eigenvalue weighted by Crippen LogP contribution is -2.64. The number of aliphatic hydroxyl groups is 9. The predicted octanol–water partition coefficient (Wildman–Crippen LogP) is -5.35. The third kappa shape index (κ3) is 6.41. The van der Waals surface area contributed by atoms with Crippen LogP contribution in [0.1, 0.15) is 20.8 Å². The molecule has 0 amide bonds. The van der Waals surface area contributed by atoms with Crippen molar-refractivity contribution in [2.24, 2.45) is 0 Å². The molecule has 0 bridgehead atoms. The van der Waals surface area contributed by atoms with E-state index in [-0.39, 0.29) is 13.2 Å². The molecular weight excluding hydrogens is 532 g/mol. The number of ether oxygens (including phenoxy) is 7. The molecule has 0 aromatic carbocycles. The summed E-state index contributed by atoms with van der Waals surface area (Å²) in [7, 11) is 0. The van der Waals surface area contributed by atoms with Gasteiger partial charge < -0.3 is 79.1 Å². The van der Waals surface area contributed by atoms with Crippen molar-refractivity contribution in [3.8, 4) is 0 Å². The summed E-state index contributed by atoms with van der Waals surface area (Å²) in [6.07, 6.45) is -24.3. The highest BCUT2D eigenvalue weighted by atomic mass is 16.8. The minimum absolute atomic E-state index is 0.0955. The lowest BCUT2D eigenvalue weighted by molar-refractivity contribution is -0.371. The van der Waals surface area contributed by atoms with Crippen molar-refractivity contribution in [2.75, 3.05) is 13.2 Å². The average Bonchev–Trinajstić information content (AvgIpc) is 2.90. The van der Waals surface area contributed by atoms with Crippen LogP contribution in [0.15, 0.2) is 0 Å². The van der Waals surface area contributed by atoms with Crippen LogP contribution >= 0.6 is 0 Å². The quantitative estimate of drug-likeness (QED) is 0.144. The lowest BCUT2D eigenvalue weighted by atomic mass is 9.97. The fraction of sp³-hybridized carbons (Fsp3) is 1.00. The van der Waals surface area contributed by atoms with Crippen molar-refractivity contribution in [1.82, 2.24) is 0 Å². The molecule has 228 valence electrons. The Bertz CT molecular complexity index is 791. The van der Waals surface area contributed by atoms with Gasteiger partial charge in [-0.15, -0.1) is 0 Å². The standard InChI is InChI=1S/C23H40O16/c1-6-11(26)13(28)15(30)22(35-6)39-20-10(25)5-34-21(17(20)32)37-19-8(3)36-23(16(31)14(19)29)38-18-7(2)33-4-9(24)12(18)27/h6-32H,4-5H2,1-3H3. The topological polar surface area (TPSA) is 247 Å². The van der Waals surface area contributed by atoms with Gasteiger partial charge in [-0.3, -0.25) is 0 Å². The highest BCUT2D eigenvalue weighted by Crippen LogP contribution is 2.32. The Kier molecular flexibility index (Phi) is 10.2. The van der Waals surface area contributed by atoms with Crippen LogP contribution in [0.4, 0.5) is 0 Å². The first kappa shape index (κ1) is 31.3. The third-order valence-corrected chi connectivity index (χ3v) is 7.61. The van der Waals surface area contributed by atoms with E-state index in [2.05, 4.69) is 0 Å². The van der Waals surface area contributed by atoms with E-state index in [1.165, 1.54) is 13.8 Å². The maximum absolute atomic E-state index is 10.9. The van der Waals surface area contributed by atoms with Crippen LogP contribution in [0.5, 0.6) is 0 Å². The van der Waals surface area contributed by atoms with Crippen LogP contribution in [0.2, 0.25) is 0 Å². The molecule has 4 heterocycles. The third-order valence-electron chi connectivity index (χ3n) is 7.61. The lowest BCUT2D eigenvalue weighted by Gasteiger charge is -2.47. The van der Waals surface area contributed by atoms with Crippen molar-refractivity contribution in [3.63, 3.8) is 0 Å². The van der Waals surface area contributed by atoms with Crippen LogP contribution < -0.4 is 0 Å². The van der Waals surface area contributed by atoms with Crippen LogP contribution in [-0.4, -0.2) is 170 Å². The van der Waals surface area contributed by atoms with Gasteiger partial charge in [0, 0.05) is 0 Å². The molecule has 0 radical (unpaired) electrons. The Morgan fingerprint density at radius 2 is 0.949 bits per heavy atom. The number of hydrogen-bond acceptors (Lipinski definition) is 16. The molecule has 18 unspecified atom stereocenters. The highest BCUT2D eigenvalue weighted by molar-refractivity contribution is 4.94. The zero-order chi connectivity index (χ0) is 28.8. The molecule has 4 saturated heterocycles. The van der Waals surface area contributed by atoms with E-state index in [1.807, 2.05) is 0 Å². The molecule has 0 aromatic rings. The minimum atomic E-state index is -1.69. The zero-order valence-corrected chi connectivity index (χ0v) is 21.7. The second kappa shape index (κ2) is 12.7. The summed E-state index contributed by atoms with van der Waals surface area (Å²) in [6, 6.07) is 0. The Balaban J connectivity index is 1.38. The molecule has 9 N–H and O–H groups in total. The molecule has 16 nitrogen and oxygen atoms in total. The first-order valence-electron chi connectivity index (χ1n) is 12.9. The van der Waals surface area contributed by atoms with E-state index in [4.69, 9.17) is 33.2 Å². The summed E-state index contributed by atoms with van der Waals surface area (Å²) < 4.78 is 38.7. The van der Waals surface area contributed by atoms with Gasteiger partial charge in [-0.2, -0.15) is 0 Å². The molecule has 18 atom stereocenters. The van der Waals surface area contributed by atoms with Gasteiger partial charge >= 0.3 is 0 Å². The van der Waals surface area contributed by atoms with Gasteiger partial charge in [0.2, 0.25) is 0 Å². The summed E-state index contributed by atoms with van der Waals surface area (Å²) >= 11 is 0. The molecule has 4 aliphatic heterocycles. The average molecular weight is 573 g/mol. The maximum atomic E-state index is 10.9. The summed E-state index contributed by atoms with van der Waals surface area (Å²) in [5.41, 5.74) is 0. The number of rotatable bonds is 6. The minimum Gasteiger partial charge on any atom is -0.388 e. The van der Waals surface area contributed by atoms with E-state index in [0.29, 0.717) is 0 Å². The largest absolute Gasteiger partial charge is 0.388 e. The summed E-state index contributed by atoms with van der Waals surface area (Å²) in [4.78, 5) is 0. The van der Waals surface area contributed by atoms with E-state index >= 15 is 0 Å². The smallest absolute Gasteiger partial charge is 0.187 e. The molecule has 0 aliphatic carbocycles. The van der Waals surface area contributed by atoms with E-state index < -0.39 is 110 Å². The molecule has 4 fully saturated rings. The van der Waals surface area contributed by atoms with Crippen LogP contribution in [0.3, 0.4) is 0 Å². The Hall–Kier alpha value is -0.640. The van der Waals surface area contributed by atoms with Crippen molar-refractivity contribution in [3.05, 3.63) is 0 Å². The van der Waals surface area contributed by atoms with Gasteiger partial charge in [0.05, 0.1) is 31.5 Å². The zero-order valence-electron chi connectivity index (χ0n) is 21.7. The van der Waals surface area contributed by atoms with Crippen molar-refractivity contribution in [1.29, 1.82) is 0 Å². The van der Waals surface area contributed by atoms with E-state index in [9.17, 15) is 46.0 Å². The highest BCUT2D eigenvalue weighted by Gasteiger charge is 2.52. The van der Waals surface area contributed by atoms with E-state index in [0.717, 1.165) is 0 Å². The molecule has 39 heavy (non-hydrogen) atoms. The van der Waals surface area contributed by atoms with Gasteiger partial charge in [0.15, 0.2) is 18.9 Å². The van der Waals surface area contributed by atoms with Crippen LogP contribution in [-0.2, 0) is 33.2 Å². The van der Waals surface area contributed by atoms with E-state index in [1.54, 1.807) is 6.92 Å². The summed E-state index contributed by atoms with van der Waals surface area (Å²) in [6.45, 7) is 4.07. The Morgan fingerprint density at radius 3 is 1.62 bits per heavy atom. The number of hydrogen-bond donors (Lipinski definition) is 9. The molecule has 16 heteroatoms. The summed E-state index contributed by atoms with van der Waals surface area (Å²) in [5.74, 6) is 0. The van der Waals surface area contributed by atoms with Crippen molar-refractivity contribution in [2.45, 2.75) is 131 Å². The first-order valence-corrected chi connectivity index (χ1v) is 12.9. The van der Waals surface area contributed by atoms with Crippen LogP contribution in [0, 0.1) is 0 Å². The molecule has 4 rings (SSSR count). The van der Waals surface area contributed by atoms with Crippen LogP contribution in [0.25, 0.3) is 0 Å². The van der Waals surface area contributed by atoms with Gasteiger partial charge in [-0.25, -0.2) is 0 Å². The predicted molar refractivity (Wildman–Crippen MR) is 123 cm³/mol. The molecule has 4 aliphatic rings. The SMILES string of the molecule is CC1OC(OC2C(O)COC(OC3C(C)OC(OC4C(C)OCC(O)C4O)C(O)C3O)C2O)C(O)C(O)C1O. The van der Waals surface area contributed by atoms with Gasteiger partial charge in [-0.05, 0) is 20.8 Å². The maximum Gasteiger partial charge on any atom is 0.187 e. The van der Waals surface area contributed by atoms with Gasteiger partial charge in [0.25, 0.3) is 0 Å². The van der Waals surface area contributed by atoms with Gasteiger partial charge in [-0.1, -0.05) is 0 Å². The first-order chi connectivity index (χ1) is 18.3. The molecule has 0 aromatic heterocycles. The number of aliphatic hydroxyl groups excluding tert-OH is 9. The Labute approximate surface area is 224 Å². The fourth-order valence-corrected chi connectivity index (χ4v) is 5.09. The molecule has 0 spiro atoms. The van der Waals surface area contributed by atoms with Crippen molar-refractivity contribution >= 4 is 0 Å². The molecular formula is C23H40O16. The molecule has 0 saturated carbocycles.